The number of nitrogens with zero attached hydrogens (tertiary/aromatic N) is 2. The largest absolute Gasteiger partial charge is 0.434 e. The highest BCUT2D eigenvalue weighted by molar-refractivity contribution is 5.68. The molecule has 0 unspecified atom stereocenters. The molecule has 2 saturated heterocycles. The summed E-state index contributed by atoms with van der Waals surface area (Å²) in [5, 5.41) is 0. The van der Waals surface area contributed by atoms with Crippen molar-refractivity contribution in [3.63, 3.8) is 0 Å². The summed E-state index contributed by atoms with van der Waals surface area (Å²) in [4.78, 5) is 15.7. The standard InChI is InChI=1S/C29H40F6N2O2/c1-20-16-21(18-22(17-20)27(25(2,3)4)9-5-6-10-27)19-37-13-7-8-26(37)11-14-36(15-12-26)24(38)39-23(28(30,31)32)29(33,34)35/h16-18,23H,5-15,19H2,1-4H3. The van der Waals surface area contributed by atoms with E-state index in [1.54, 1.807) is 0 Å². The summed E-state index contributed by atoms with van der Waals surface area (Å²) >= 11 is 0. The zero-order valence-electron chi connectivity index (χ0n) is 23.3. The molecule has 4 nitrogen and oxygen atoms in total. The van der Waals surface area contributed by atoms with Crippen LogP contribution in [-0.2, 0) is 16.7 Å². The monoisotopic (exact) mass is 562 g/mol. The summed E-state index contributed by atoms with van der Waals surface area (Å²) < 4.78 is 81.1. The minimum atomic E-state index is -5.72. The molecule has 0 N–H and O–H groups in total. The number of carbonyl (C=O) groups excluding carboxylic acids is 1. The van der Waals surface area contributed by atoms with E-state index in [2.05, 4.69) is 55.5 Å². The van der Waals surface area contributed by atoms with E-state index in [4.69, 9.17) is 0 Å². The first kappa shape index (κ1) is 30.0. The predicted octanol–water partition coefficient (Wildman–Crippen LogP) is 7.91. The van der Waals surface area contributed by atoms with Gasteiger partial charge in [0, 0.05) is 30.6 Å². The molecule has 0 atom stereocenters. The second-order valence-electron chi connectivity index (χ2n) is 12.8. The third-order valence-corrected chi connectivity index (χ3v) is 9.46. The molecule has 0 bridgehead atoms. The molecule has 220 valence electrons. The fourth-order valence-corrected chi connectivity index (χ4v) is 7.31. The third kappa shape index (κ3) is 6.05. The molecule has 3 aliphatic rings. The normalized spacial score (nSPS) is 22.2. The Bertz CT molecular complexity index is 1020. The van der Waals surface area contributed by atoms with Gasteiger partial charge in [-0.15, -0.1) is 0 Å². The van der Waals surface area contributed by atoms with E-state index in [1.807, 2.05) is 0 Å². The molecule has 1 aromatic rings. The lowest BCUT2D eigenvalue weighted by Gasteiger charge is -2.45. The van der Waals surface area contributed by atoms with Crippen LogP contribution in [0.5, 0.6) is 0 Å². The van der Waals surface area contributed by atoms with Crippen LogP contribution in [0.4, 0.5) is 31.1 Å². The van der Waals surface area contributed by atoms with Gasteiger partial charge < -0.3 is 9.64 Å². The highest BCUT2D eigenvalue weighted by Crippen LogP contribution is 2.53. The van der Waals surface area contributed by atoms with E-state index < -0.39 is 24.5 Å². The average molecular weight is 563 g/mol. The molecule has 2 aliphatic heterocycles. The Hall–Kier alpha value is -1.97. The molecule has 39 heavy (non-hydrogen) atoms. The van der Waals surface area contributed by atoms with Crippen molar-refractivity contribution in [2.24, 2.45) is 5.41 Å². The van der Waals surface area contributed by atoms with Crippen LogP contribution >= 0.6 is 0 Å². The molecule has 1 amide bonds. The van der Waals surface area contributed by atoms with Gasteiger partial charge in [0.1, 0.15) is 0 Å². The first-order chi connectivity index (χ1) is 18.0. The number of hydrogen-bond donors (Lipinski definition) is 0. The maximum Gasteiger partial charge on any atom is 0.434 e. The van der Waals surface area contributed by atoms with Gasteiger partial charge in [-0.3, -0.25) is 4.90 Å². The van der Waals surface area contributed by atoms with Gasteiger partial charge in [0.05, 0.1) is 0 Å². The molecular formula is C29H40F6N2O2. The van der Waals surface area contributed by atoms with Crippen LogP contribution in [0.2, 0.25) is 0 Å². The quantitative estimate of drug-likeness (QED) is 0.350. The van der Waals surface area contributed by atoms with Crippen molar-refractivity contribution in [1.82, 2.24) is 9.80 Å². The van der Waals surface area contributed by atoms with E-state index in [0.717, 1.165) is 30.8 Å². The Morgan fingerprint density at radius 2 is 1.46 bits per heavy atom. The molecule has 10 heteroatoms. The number of alkyl halides is 6. The minimum Gasteiger partial charge on any atom is -0.426 e. The Balaban J connectivity index is 1.46. The first-order valence-corrected chi connectivity index (χ1v) is 13.9. The molecule has 1 spiro atoms. The van der Waals surface area contributed by atoms with Gasteiger partial charge in [-0.25, -0.2) is 4.79 Å². The highest BCUT2D eigenvalue weighted by Gasteiger charge is 2.60. The lowest BCUT2D eigenvalue weighted by molar-refractivity contribution is -0.308. The van der Waals surface area contributed by atoms with Crippen LogP contribution in [0.25, 0.3) is 0 Å². The number of ether oxygens (including phenoxy) is 1. The van der Waals surface area contributed by atoms with E-state index in [0.29, 0.717) is 12.8 Å². The van der Waals surface area contributed by atoms with Crippen molar-refractivity contribution >= 4 is 6.09 Å². The van der Waals surface area contributed by atoms with Gasteiger partial charge in [0.2, 0.25) is 0 Å². The summed E-state index contributed by atoms with van der Waals surface area (Å²) in [6.45, 7) is 10.8. The van der Waals surface area contributed by atoms with E-state index in [-0.39, 0.29) is 29.5 Å². The molecule has 3 fully saturated rings. The van der Waals surface area contributed by atoms with E-state index in [1.165, 1.54) is 42.4 Å². The summed E-state index contributed by atoms with van der Waals surface area (Å²) in [6, 6.07) is 6.87. The second kappa shape index (κ2) is 10.5. The second-order valence-corrected chi connectivity index (χ2v) is 12.8. The van der Waals surface area contributed by atoms with Crippen molar-refractivity contribution in [2.75, 3.05) is 19.6 Å². The van der Waals surface area contributed by atoms with Crippen LogP contribution in [0.3, 0.4) is 0 Å². The van der Waals surface area contributed by atoms with Crippen molar-refractivity contribution < 1.29 is 35.9 Å². The van der Waals surface area contributed by atoms with Crippen molar-refractivity contribution in [2.45, 2.75) is 115 Å². The Kier molecular flexibility index (Phi) is 8.04. The Morgan fingerprint density at radius 3 is 2.00 bits per heavy atom. The number of rotatable bonds is 4. The SMILES string of the molecule is Cc1cc(CN2CCCC23CCN(C(=O)OC(C(F)(F)F)C(F)(F)F)CC3)cc(C2(C(C)(C)C)CCCC2)c1. The molecule has 1 aliphatic carbocycles. The number of likely N-dealkylation sites (tertiary alicyclic amines) is 2. The predicted molar refractivity (Wildman–Crippen MR) is 136 cm³/mol. The van der Waals surface area contributed by atoms with Crippen LogP contribution in [-0.4, -0.2) is 59.5 Å². The summed E-state index contributed by atoms with van der Waals surface area (Å²) in [6.07, 6.45) is -9.54. The Labute approximate surface area is 227 Å². The van der Waals surface area contributed by atoms with Gasteiger partial charge >= 0.3 is 18.4 Å². The van der Waals surface area contributed by atoms with E-state index >= 15 is 0 Å². The lowest BCUT2D eigenvalue weighted by Crippen LogP contribution is -2.54. The third-order valence-electron chi connectivity index (χ3n) is 9.46. The fourth-order valence-electron chi connectivity index (χ4n) is 7.31. The zero-order chi connectivity index (χ0) is 28.9. The number of aryl methyl sites for hydroxylation is 1. The lowest BCUT2D eigenvalue weighted by atomic mass is 9.61. The minimum absolute atomic E-state index is 0.0595. The molecule has 1 aromatic carbocycles. The number of piperidine rings is 1. The summed E-state index contributed by atoms with van der Waals surface area (Å²) in [5.74, 6) is 0. The first-order valence-electron chi connectivity index (χ1n) is 13.9. The molecule has 0 radical (unpaired) electrons. The summed E-state index contributed by atoms with van der Waals surface area (Å²) in [7, 11) is 0. The smallest absolute Gasteiger partial charge is 0.426 e. The maximum atomic E-state index is 12.9. The number of hydrogen-bond acceptors (Lipinski definition) is 3. The van der Waals surface area contributed by atoms with Gasteiger partial charge in [0.15, 0.2) is 0 Å². The van der Waals surface area contributed by atoms with Gasteiger partial charge in [-0.2, -0.15) is 26.3 Å². The average Bonchev–Trinajstić information content (AvgIpc) is 3.45. The number of benzene rings is 1. The molecular weight excluding hydrogens is 522 g/mol. The van der Waals surface area contributed by atoms with Crippen molar-refractivity contribution in [3.8, 4) is 0 Å². The van der Waals surface area contributed by atoms with Crippen LogP contribution in [0.1, 0.15) is 88.8 Å². The number of amides is 1. The Morgan fingerprint density at radius 1 is 0.872 bits per heavy atom. The molecule has 2 heterocycles. The highest BCUT2D eigenvalue weighted by atomic mass is 19.4. The molecule has 1 saturated carbocycles. The van der Waals surface area contributed by atoms with Gasteiger partial charge in [0.25, 0.3) is 6.10 Å². The van der Waals surface area contributed by atoms with Crippen LogP contribution < -0.4 is 0 Å². The van der Waals surface area contributed by atoms with Crippen LogP contribution in [0, 0.1) is 12.3 Å². The fraction of sp³-hybridized carbons (Fsp3) is 0.759. The van der Waals surface area contributed by atoms with Crippen molar-refractivity contribution in [3.05, 3.63) is 34.9 Å². The summed E-state index contributed by atoms with van der Waals surface area (Å²) in [5.41, 5.74) is 3.85. The van der Waals surface area contributed by atoms with E-state index in [9.17, 15) is 31.1 Å². The number of halogens is 6. The topological polar surface area (TPSA) is 32.8 Å². The molecule has 4 rings (SSSR count). The van der Waals surface area contributed by atoms with Gasteiger partial charge in [-0.1, -0.05) is 57.4 Å². The van der Waals surface area contributed by atoms with Gasteiger partial charge in [-0.05, 0) is 68.5 Å². The van der Waals surface area contributed by atoms with Crippen LogP contribution in [0.15, 0.2) is 18.2 Å². The molecule has 0 aromatic heterocycles. The zero-order valence-corrected chi connectivity index (χ0v) is 23.3. The van der Waals surface area contributed by atoms with Crippen molar-refractivity contribution in [1.29, 1.82) is 0 Å². The number of carbonyl (C=O) groups is 1. The maximum absolute atomic E-state index is 12.9.